The van der Waals surface area contributed by atoms with E-state index >= 15 is 0 Å². The van der Waals surface area contributed by atoms with Gasteiger partial charge in [0.15, 0.2) is 0 Å². The van der Waals surface area contributed by atoms with Crippen molar-refractivity contribution in [3.05, 3.63) is 141 Å². The van der Waals surface area contributed by atoms with Gasteiger partial charge < -0.3 is 30.1 Å². The van der Waals surface area contributed by atoms with E-state index in [-0.39, 0.29) is 12.8 Å². The van der Waals surface area contributed by atoms with Crippen LogP contribution in [0.2, 0.25) is 0 Å². The van der Waals surface area contributed by atoms with Gasteiger partial charge in [-0.2, -0.15) is 0 Å². The predicted octanol–water partition coefficient (Wildman–Crippen LogP) is 11.0. The molecule has 6 N–H and O–H groups in total. The van der Waals surface area contributed by atoms with Crippen LogP contribution in [0.15, 0.2) is 78.9 Å². The summed E-state index contributed by atoms with van der Waals surface area (Å²) < 4.78 is 0. The van der Waals surface area contributed by atoms with Crippen LogP contribution in [0.4, 0.5) is 0 Å². The first-order valence-corrected chi connectivity index (χ1v) is 20.5. The number of fused-ring (bicyclic) bond motifs is 16. The SMILES string of the molecule is C1=Cc2cc3ccc(cc4nc(cc5ccc(cc1n2)[nH]5)C=C4)[nH]3.CC1=Cc2cc3[nH]c(cc4nc(cc5[nH]c(cc1n2)c(C)c5CCC(=O)O)C(CCC(=O)O)=C4C)cc3C. The highest BCUT2D eigenvalue weighted by Gasteiger charge is 2.19. The second kappa shape index (κ2) is 16.3. The Morgan fingerprint density at radius 1 is 0.500 bits per heavy atom. The van der Waals surface area contributed by atoms with Crippen molar-refractivity contribution >= 4 is 103 Å². The molecule has 0 saturated carbocycles. The summed E-state index contributed by atoms with van der Waals surface area (Å²) in [4.78, 5) is 55.5. The van der Waals surface area contributed by atoms with Crippen LogP contribution in [-0.2, 0) is 16.0 Å². The van der Waals surface area contributed by atoms with E-state index in [1.165, 1.54) is 0 Å². The Morgan fingerprint density at radius 3 is 1.61 bits per heavy atom. The molecule has 0 amide bonds. The lowest BCUT2D eigenvalue weighted by Crippen LogP contribution is -1.98. The van der Waals surface area contributed by atoms with Gasteiger partial charge in [0.2, 0.25) is 0 Å². The summed E-state index contributed by atoms with van der Waals surface area (Å²) in [5, 5.41) is 18.7. The van der Waals surface area contributed by atoms with Crippen molar-refractivity contribution < 1.29 is 19.8 Å². The van der Waals surface area contributed by atoms with Gasteiger partial charge in [0.25, 0.3) is 0 Å². The maximum absolute atomic E-state index is 11.4. The standard InChI is InChI=1S/C30H30N4O4.C20H14N4/c1-15-9-20-12-25-17(3)21(5-7-29(35)36)27(33-25)14-28-22(6-8-30(37)38)18(4)26(34-28)13-24-16(2)10-19(32-24)11-23(15)31-20;1-2-14-10-16-5-6-18(23-16)12-20-8-7-19(24-20)11-17-4-3-15(22-17)9-13(1)21-14/h9-14,31,34H,5-8H2,1-4H3,(H,35,36)(H,37,38);1-12,21,24H. The number of aromatic nitrogens is 8. The zero-order valence-electron chi connectivity index (χ0n) is 34.7. The molecule has 4 aliphatic rings. The Labute approximate surface area is 356 Å². The highest BCUT2D eigenvalue weighted by atomic mass is 16.4. The highest BCUT2D eigenvalue weighted by Crippen LogP contribution is 2.35. The zero-order chi connectivity index (χ0) is 43.1. The highest BCUT2D eigenvalue weighted by molar-refractivity contribution is 5.94. The minimum absolute atomic E-state index is 0.00160. The molecule has 0 aliphatic carbocycles. The average molecular weight is 821 g/mol. The fourth-order valence-corrected chi connectivity index (χ4v) is 8.05. The van der Waals surface area contributed by atoms with Crippen LogP contribution < -0.4 is 0 Å². The van der Waals surface area contributed by atoms with Crippen LogP contribution in [0, 0.1) is 13.8 Å². The molecule has 6 aromatic heterocycles. The van der Waals surface area contributed by atoms with Crippen molar-refractivity contribution in [1.29, 1.82) is 0 Å². The number of carboxylic acids is 2. The van der Waals surface area contributed by atoms with E-state index in [2.05, 4.69) is 60.2 Å². The molecule has 10 rings (SSSR count). The van der Waals surface area contributed by atoms with Gasteiger partial charge >= 0.3 is 11.9 Å². The van der Waals surface area contributed by atoms with E-state index in [1.54, 1.807) is 0 Å². The lowest BCUT2D eigenvalue weighted by atomic mass is 10.0. The van der Waals surface area contributed by atoms with E-state index in [0.29, 0.717) is 18.5 Å². The fraction of sp³-hybridized carbons (Fsp3) is 0.160. The Hall–Kier alpha value is -7.86. The topological polar surface area (TPSA) is 189 Å². The molecule has 62 heavy (non-hydrogen) atoms. The van der Waals surface area contributed by atoms with E-state index < -0.39 is 11.9 Å². The molecule has 308 valence electrons. The van der Waals surface area contributed by atoms with Gasteiger partial charge in [-0.3, -0.25) is 9.59 Å². The van der Waals surface area contributed by atoms with Crippen LogP contribution in [0.3, 0.4) is 0 Å². The maximum Gasteiger partial charge on any atom is 0.303 e. The van der Waals surface area contributed by atoms with Gasteiger partial charge in [-0.1, -0.05) is 0 Å². The number of allylic oxidation sites excluding steroid dienone is 3. The van der Waals surface area contributed by atoms with Crippen molar-refractivity contribution in [3.63, 3.8) is 0 Å². The van der Waals surface area contributed by atoms with Crippen LogP contribution in [0.5, 0.6) is 0 Å². The summed E-state index contributed by atoms with van der Waals surface area (Å²) in [5.41, 5.74) is 20.3. The first-order chi connectivity index (χ1) is 29.9. The number of aliphatic carboxylic acids is 2. The van der Waals surface area contributed by atoms with E-state index in [4.69, 9.17) is 9.97 Å². The first kappa shape index (κ1) is 39.6. The van der Waals surface area contributed by atoms with Crippen LogP contribution in [0.25, 0.3) is 91.2 Å². The number of carboxylic acid groups (broad SMARTS) is 2. The molecule has 0 fully saturated rings. The number of hydrogen-bond donors (Lipinski definition) is 6. The molecule has 12 heteroatoms. The van der Waals surface area contributed by atoms with E-state index in [9.17, 15) is 19.8 Å². The normalized spacial score (nSPS) is 12.9. The molecule has 6 aromatic rings. The van der Waals surface area contributed by atoms with Crippen molar-refractivity contribution in [2.24, 2.45) is 0 Å². The van der Waals surface area contributed by atoms with Crippen LogP contribution in [-0.4, -0.2) is 62.0 Å². The van der Waals surface area contributed by atoms with Crippen molar-refractivity contribution in [2.45, 2.75) is 53.4 Å². The molecule has 0 spiro atoms. The van der Waals surface area contributed by atoms with E-state index in [0.717, 1.165) is 117 Å². The van der Waals surface area contributed by atoms with Gasteiger partial charge in [-0.05, 0) is 183 Å². The minimum atomic E-state index is -0.868. The third kappa shape index (κ3) is 8.57. The van der Waals surface area contributed by atoms with Crippen LogP contribution in [0.1, 0.15) is 95.4 Å². The van der Waals surface area contributed by atoms with Crippen molar-refractivity contribution in [2.75, 3.05) is 0 Å². The van der Waals surface area contributed by atoms with E-state index in [1.807, 2.05) is 107 Å². The number of rotatable bonds is 6. The summed E-state index contributed by atoms with van der Waals surface area (Å²) >= 11 is 0. The second-order valence-electron chi connectivity index (χ2n) is 15.9. The Kier molecular flexibility index (Phi) is 10.4. The van der Waals surface area contributed by atoms with Crippen molar-refractivity contribution in [1.82, 2.24) is 39.9 Å². The third-order valence-corrected chi connectivity index (χ3v) is 11.3. The minimum Gasteiger partial charge on any atom is -0.481 e. The molecule has 0 aromatic carbocycles. The molecular formula is C50H44N8O4. The number of H-pyrrole nitrogens is 4. The summed E-state index contributed by atoms with van der Waals surface area (Å²) in [5.74, 6) is -1.73. The fourth-order valence-electron chi connectivity index (χ4n) is 8.05. The number of aromatic amines is 4. The third-order valence-electron chi connectivity index (χ3n) is 11.3. The molecule has 4 aliphatic heterocycles. The summed E-state index contributed by atoms with van der Waals surface area (Å²) in [6.07, 6.45) is 10.8. The Bertz CT molecular complexity index is 3140. The van der Waals surface area contributed by atoms with Gasteiger partial charge in [-0.25, -0.2) is 19.9 Å². The predicted molar refractivity (Wildman–Crippen MR) is 248 cm³/mol. The largest absolute Gasteiger partial charge is 0.481 e. The van der Waals surface area contributed by atoms with Crippen molar-refractivity contribution in [3.8, 4) is 0 Å². The summed E-state index contributed by atoms with van der Waals surface area (Å²) in [6.45, 7) is 8.01. The first-order valence-electron chi connectivity index (χ1n) is 20.5. The summed E-state index contributed by atoms with van der Waals surface area (Å²) in [7, 11) is 0. The number of hydrogen-bond acceptors (Lipinski definition) is 6. The quantitative estimate of drug-likeness (QED) is 0.0955. The Balaban J connectivity index is 0.000000174. The van der Waals surface area contributed by atoms with Gasteiger partial charge in [0.05, 0.1) is 45.6 Å². The number of aryl methyl sites for hydroxylation is 3. The zero-order valence-corrected chi connectivity index (χ0v) is 34.7. The molecule has 0 unspecified atom stereocenters. The molecule has 0 radical (unpaired) electrons. The van der Waals surface area contributed by atoms with Gasteiger partial charge in [-0.15, -0.1) is 0 Å². The van der Waals surface area contributed by atoms with Gasteiger partial charge in [0, 0.05) is 57.0 Å². The Morgan fingerprint density at radius 2 is 1.05 bits per heavy atom. The second-order valence-corrected chi connectivity index (χ2v) is 15.9. The monoisotopic (exact) mass is 820 g/mol. The number of nitrogens with zero attached hydrogens (tertiary/aromatic N) is 4. The molecule has 16 bridgehead atoms. The lowest BCUT2D eigenvalue weighted by Gasteiger charge is -2.03. The summed E-state index contributed by atoms with van der Waals surface area (Å²) in [6, 6.07) is 26.3. The van der Waals surface area contributed by atoms with Gasteiger partial charge in [0.1, 0.15) is 0 Å². The molecule has 12 nitrogen and oxygen atoms in total. The number of carbonyl (C=O) groups is 2. The average Bonchev–Trinajstić information content (AvgIpc) is 4.10. The number of nitrogens with one attached hydrogen (secondary N) is 4. The molecule has 10 heterocycles. The molecular weight excluding hydrogens is 777 g/mol. The maximum atomic E-state index is 11.4. The molecule has 0 saturated heterocycles. The molecule has 0 atom stereocenters. The smallest absolute Gasteiger partial charge is 0.303 e. The lowest BCUT2D eigenvalue weighted by molar-refractivity contribution is -0.137. The van der Waals surface area contributed by atoms with Crippen LogP contribution >= 0.6 is 0 Å².